The zero-order valence-corrected chi connectivity index (χ0v) is 11.3. The fraction of sp³-hybridized carbons (Fsp3) is 0.250. The Morgan fingerprint density at radius 2 is 2.32 bits per heavy atom. The maximum Gasteiger partial charge on any atom is 0.344 e. The summed E-state index contributed by atoms with van der Waals surface area (Å²) < 4.78 is 1.67. The molecule has 7 heteroatoms. The van der Waals surface area contributed by atoms with Gasteiger partial charge in [-0.1, -0.05) is 11.6 Å². The number of nitrogens with one attached hydrogen (secondary N) is 1. The molecule has 0 aliphatic heterocycles. The van der Waals surface area contributed by atoms with Crippen LogP contribution in [0.25, 0.3) is 0 Å². The molecule has 1 aromatic heterocycles. The van der Waals surface area contributed by atoms with Crippen LogP contribution in [-0.2, 0) is 0 Å². The molecular formula is C12H9ClN4OS. The molecular weight excluding hydrogens is 284 g/mol. The Labute approximate surface area is 118 Å². The summed E-state index contributed by atoms with van der Waals surface area (Å²) in [7, 11) is 0. The van der Waals surface area contributed by atoms with Crippen LogP contribution >= 0.6 is 23.4 Å². The van der Waals surface area contributed by atoms with Crippen molar-refractivity contribution in [2.75, 3.05) is 0 Å². The first kappa shape index (κ1) is 12.3. The molecule has 2 aromatic rings. The van der Waals surface area contributed by atoms with Crippen LogP contribution in [0.5, 0.6) is 0 Å². The summed E-state index contributed by atoms with van der Waals surface area (Å²) in [5, 5.41) is 16.4. The second-order valence-electron chi connectivity index (χ2n) is 4.27. The average molecular weight is 293 g/mol. The maximum atomic E-state index is 11.7. The van der Waals surface area contributed by atoms with Crippen molar-refractivity contribution in [3.8, 4) is 6.07 Å². The van der Waals surface area contributed by atoms with E-state index in [4.69, 9.17) is 16.9 Å². The van der Waals surface area contributed by atoms with Crippen LogP contribution in [0, 0.1) is 11.3 Å². The Morgan fingerprint density at radius 1 is 1.53 bits per heavy atom. The molecule has 19 heavy (non-hydrogen) atoms. The molecule has 1 N–H and O–H groups in total. The average Bonchev–Trinajstić information content (AvgIpc) is 3.17. The Kier molecular flexibility index (Phi) is 3.09. The van der Waals surface area contributed by atoms with Crippen molar-refractivity contribution in [1.29, 1.82) is 5.26 Å². The van der Waals surface area contributed by atoms with Gasteiger partial charge in [0.15, 0.2) is 5.16 Å². The van der Waals surface area contributed by atoms with E-state index in [1.165, 1.54) is 11.8 Å². The SMILES string of the molecule is N#Cc1ccc(Sc2n[nH]c(=O)n2C2CC2)c(Cl)c1. The number of H-pyrrole nitrogens is 1. The van der Waals surface area contributed by atoms with E-state index >= 15 is 0 Å². The monoisotopic (exact) mass is 292 g/mol. The molecule has 1 fully saturated rings. The van der Waals surface area contributed by atoms with Crippen molar-refractivity contribution < 1.29 is 0 Å². The summed E-state index contributed by atoms with van der Waals surface area (Å²) >= 11 is 7.44. The van der Waals surface area contributed by atoms with Gasteiger partial charge in [-0.05, 0) is 42.8 Å². The van der Waals surface area contributed by atoms with Crippen LogP contribution in [0.1, 0.15) is 24.4 Å². The largest absolute Gasteiger partial charge is 0.344 e. The summed E-state index contributed by atoms with van der Waals surface area (Å²) in [6, 6.07) is 7.36. The van der Waals surface area contributed by atoms with Crippen LogP contribution in [0.15, 0.2) is 33.0 Å². The fourth-order valence-corrected chi connectivity index (χ4v) is 2.98. The van der Waals surface area contributed by atoms with Crippen LogP contribution in [-0.4, -0.2) is 14.8 Å². The zero-order chi connectivity index (χ0) is 13.4. The van der Waals surface area contributed by atoms with E-state index in [0.717, 1.165) is 17.7 Å². The molecule has 0 saturated heterocycles. The van der Waals surface area contributed by atoms with Gasteiger partial charge >= 0.3 is 5.69 Å². The molecule has 0 unspecified atom stereocenters. The van der Waals surface area contributed by atoms with Crippen molar-refractivity contribution in [1.82, 2.24) is 14.8 Å². The minimum Gasteiger partial charge on any atom is -0.267 e. The molecule has 3 rings (SSSR count). The molecule has 0 bridgehead atoms. The van der Waals surface area contributed by atoms with Crippen LogP contribution < -0.4 is 5.69 Å². The van der Waals surface area contributed by atoms with Gasteiger partial charge in [-0.15, -0.1) is 5.10 Å². The van der Waals surface area contributed by atoms with Crippen molar-refractivity contribution in [3.05, 3.63) is 39.3 Å². The number of benzene rings is 1. The normalized spacial score (nSPS) is 14.3. The quantitative estimate of drug-likeness (QED) is 0.943. The third-order valence-electron chi connectivity index (χ3n) is 2.85. The first-order valence-corrected chi connectivity index (χ1v) is 6.93. The standard InChI is InChI=1S/C12H9ClN4OS/c13-9-5-7(6-14)1-4-10(9)19-12-16-15-11(18)17(12)8-2-3-8/h1,4-5,8H,2-3H2,(H,15,18). The number of aromatic amines is 1. The molecule has 1 aliphatic rings. The zero-order valence-electron chi connectivity index (χ0n) is 9.76. The smallest absolute Gasteiger partial charge is 0.267 e. The third-order valence-corrected chi connectivity index (χ3v) is 4.32. The van der Waals surface area contributed by atoms with Gasteiger partial charge in [0.05, 0.1) is 16.7 Å². The number of rotatable bonds is 3. The van der Waals surface area contributed by atoms with Crippen molar-refractivity contribution in [2.45, 2.75) is 28.9 Å². The predicted molar refractivity (Wildman–Crippen MR) is 71.4 cm³/mol. The van der Waals surface area contributed by atoms with Gasteiger partial charge in [0.1, 0.15) is 0 Å². The highest BCUT2D eigenvalue weighted by Gasteiger charge is 2.28. The van der Waals surface area contributed by atoms with E-state index in [-0.39, 0.29) is 11.7 Å². The van der Waals surface area contributed by atoms with E-state index < -0.39 is 0 Å². The topological polar surface area (TPSA) is 74.5 Å². The second-order valence-corrected chi connectivity index (χ2v) is 5.69. The van der Waals surface area contributed by atoms with Gasteiger partial charge in [-0.2, -0.15) is 5.26 Å². The minimum absolute atomic E-state index is 0.185. The second kappa shape index (κ2) is 4.76. The van der Waals surface area contributed by atoms with Crippen LogP contribution in [0.4, 0.5) is 0 Å². The molecule has 1 aromatic carbocycles. The number of aromatic nitrogens is 3. The van der Waals surface area contributed by atoms with Crippen LogP contribution in [0.3, 0.4) is 0 Å². The number of hydrogen-bond donors (Lipinski definition) is 1. The Balaban J connectivity index is 1.94. The maximum absolute atomic E-state index is 11.7. The Bertz CT molecular complexity index is 726. The van der Waals surface area contributed by atoms with Gasteiger partial charge in [0.2, 0.25) is 0 Å². The van der Waals surface area contributed by atoms with Crippen molar-refractivity contribution in [3.63, 3.8) is 0 Å². The lowest BCUT2D eigenvalue weighted by Crippen LogP contribution is -2.15. The van der Waals surface area contributed by atoms with E-state index in [1.54, 1.807) is 22.8 Å². The van der Waals surface area contributed by atoms with E-state index in [1.807, 2.05) is 6.07 Å². The summed E-state index contributed by atoms with van der Waals surface area (Å²) in [4.78, 5) is 12.4. The molecule has 0 amide bonds. The summed E-state index contributed by atoms with van der Waals surface area (Å²) in [5.74, 6) is 0. The third kappa shape index (κ3) is 2.39. The van der Waals surface area contributed by atoms with Gasteiger partial charge < -0.3 is 0 Å². The minimum atomic E-state index is -0.185. The van der Waals surface area contributed by atoms with Crippen molar-refractivity contribution >= 4 is 23.4 Å². The van der Waals surface area contributed by atoms with Crippen LogP contribution in [0.2, 0.25) is 5.02 Å². The Morgan fingerprint density at radius 3 is 2.95 bits per heavy atom. The van der Waals surface area contributed by atoms with E-state index in [9.17, 15) is 4.79 Å². The molecule has 1 saturated carbocycles. The number of halogens is 1. The van der Waals surface area contributed by atoms with Gasteiger partial charge in [0, 0.05) is 10.9 Å². The van der Waals surface area contributed by atoms with Gasteiger partial charge in [-0.3, -0.25) is 4.57 Å². The first-order chi connectivity index (χ1) is 9.19. The fourth-order valence-electron chi connectivity index (χ4n) is 1.77. The summed E-state index contributed by atoms with van der Waals surface area (Å²) in [6.07, 6.45) is 2.02. The summed E-state index contributed by atoms with van der Waals surface area (Å²) in [6.45, 7) is 0. The molecule has 1 heterocycles. The lowest BCUT2D eigenvalue weighted by atomic mass is 10.2. The number of hydrogen-bond acceptors (Lipinski definition) is 4. The predicted octanol–water partition coefficient (Wildman–Crippen LogP) is 2.58. The molecule has 1 aliphatic carbocycles. The highest BCUT2D eigenvalue weighted by Crippen LogP contribution is 2.39. The Hall–Kier alpha value is -1.71. The molecule has 96 valence electrons. The highest BCUT2D eigenvalue weighted by atomic mass is 35.5. The molecule has 0 spiro atoms. The molecule has 5 nitrogen and oxygen atoms in total. The highest BCUT2D eigenvalue weighted by molar-refractivity contribution is 7.99. The van der Waals surface area contributed by atoms with Gasteiger partial charge in [0.25, 0.3) is 0 Å². The number of nitrogens with zero attached hydrogens (tertiary/aromatic N) is 3. The first-order valence-electron chi connectivity index (χ1n) is 5.73. The van der Waals surface area contributed by atoms with Crippen molar-refractivity contribution in [2.24, 2.45) is 0 Å². The van der Waals surface area contributed by atoms with E-state index in [0.29, 0.717) is 15.7 Å². The number of nitriles is 1. The van der Waals surface area contributed by atoms with Gasteiger partial charge in [-0.25, -0.2) is 9.89 Å². The molecule has 0 radical (unpaired) electrons. The molecule has 0 atom stereocenters. The summed E-state index contributed by atoms with van der Waals surface area (Å²) in [5.41, 5.74) is 0.325. The van der Waals surface area contributed by atoms with E-state index in [2.05, 4.69) is 10.2 Å². The lowest BCUT2D eigenvalue weighted by molar-refractivity contribution is 0.642. The lowest BCUT2D eigenvalue weighted by Gasteiger charge is -2.05.